The lowest BCUT2D eigenvalue weighted by Crippen LogP contribution is -2.50. The van der Waals surface area contributed by atoms with E-state index in [2.05, 4.69) is 22.2 Å². The number of nitrogens with zero attached hydrogens (tertiary/aromatic N) is 3. The van der Waals surface area contributed by atoms with Crippen LogP contribution in [0.4, 0.5) is 13.6 Å². The molecular weight excluding hydrogens is 350 g/mol. The van der Waals surface area contributed by atoms with Crippen LogP contribution in [0, 0.1) is 11.6 Å². The highest BCUT2D eigenvalue weighted by Crippen LogP contribution is 2.20. The number of piperidine rings is 1. The molecule has 0 saturated carbocycles. The number of likely N-dealkylation sites (tertiary alicyclic amines) is 1. The zero-order chi connectivity index (χ0) is 19.2. The molecular formula is C20H30F2N4O. The molecule has 1 aromatic rings. The third-order valence-electron chi connectivity index (χ3n) is 5.69. The summed E-state index contributed by atoms with van der Waals surface area (Å²) >= 11 is 0. The summed E-state index contributed by atoms with van der Waals surface area (Å²) in [6.07, 6.45) is 4.19. The number of benzene rings is 1. The Kier molecular flexibility index (Phi) is 7.01. The minimum absolute atomic E-state index is 0.109. The molecule has 2 aliphatic rings. The van der Waals surface area contributed by atoms with Gasteiger partial charge in [0.05, 0.1) is 0 Å². The highest BCUT2D eigenvalue weighted by Gasteiger charge is 2.27. The molecule has 150 valence electrons. The number of nitrogens with one attached hydrogen (secondary N) is 1. The van der Waals surface area contributed by atoms with Crippen LogP contribution in [-0.2, 0) is 6.54 Å². The Labute approximate surface area is 160 Å². The zero-order valence-corrected chi connectivity index (χ0v) is 16.1. The second-order valence-corrected chi connectivity index (χ2v) is 7.68. The summed E-state index contributed by atoms with van der Waals surface area (Å²) in [5.41, 5.74) is 0.563. The van der Waals surface area contributed by atoms with E-state index in [0.29, 0.717) is 5.56 Å². The SMILES string of the molecule is CN1CCN(CC[C@@H]2CCCCN2C(=O)NCc2ccc(F)c(F)c2)CC1. The van der Waals surface area contributed by atoms with Crippen LogP contribution in [0.2, 0.25) is 0 Å². The fourth-order valence-electron chi connectivity index (χ4n) is 3.90. The molecule has 1 N–H and O–H groups in total. The quantitative estimate of drug-likeness (QED) is 0.854. The molecule has 3 rings (SSSR count). The maximum Gasteiger partial charge on any atom is 0.317 e. The van der Waals surface area contributed by atoms with Crippen LogP contribution in [0.15, 0.2) is 18.2 Å². The van der Waals surface area contributed by atoms with E-state index in [-0.39, 0.29) is 18.6 Å². The van der Waals surface area contributed by atoms with Crippen molar-refractivity contribution < 1.29 is 13.6 Å². The lowest BCUT2D eigenvalue weighted by Gasteiger charge is -2.38. The normalized spacial score (nSPS) is 22.0. The first-order valence-corrected chi connectivity index (χ1v) is 9.92. The van der Waals surface area contributed by atoms with Gasteiger partial charge in [-0.25, -0.2) is 13.6 Å². The second-order valence-electron chi connectivity index (χ2n) is 7.68. The fourth-order valence-corrected chi connectivity index (χ4v) is 3.90. The van der Waals surface area contributed by atoms with Gasteiger partial charge in [-0.15, -0.1) is 0 Å². The van der Waals surface area contributed by atoms with Crippen molar-refractivity contribution in [3.63, 3.8) is 0 Å². The fraction of sp³-hybridized carbons (Fsp3) is 0.650. The van der Waals surface area contributed by atoms with Crippen LogP contribution in [0.1, 0.15) is 31.2 Å². The number of halogens is 2. The molecule has 2 aliphatic heterocycles. The summed E-state index contributed by atoms with van der Waals surface area (Å²) in [6, 6.07) is 3.87. The van der Waals surface area contributed by atoms with Crippen molar-refractivity contribution in [2.45, 2.75) is 38.3 Å². The molecule has 27 heavy (non-hydrogen) atoms. The number of carbonyl (C=O) groups is 1. The van der Waals surface area contributed by atoms with Gasteiger partial charge in [-0.1, -0.05) is 6.07 Å². The smallest absolute Gasteiger partial charge is 0.317 e. The molecule has 2 heterocycles. The largest absolute Gasteiger partial charge is 0.334 e. The topological polar surface area (TPSA) is 38.8 Å². The minimum Gasteiger partial charge on any atom is -0.334 e. The molecule has 2 saturated heterocycles. The Bertz CT molecular complexity index is 634. The van der Waals surface area contributed by atoms with E-state index in [1.807, 2.05) is 4.90 Å². The maximum absolute atomic E-state index is 13.3. The molecule has 1 aromatic carbocycles. The first-order valence-electron chi connectivity index (χ1n) is 9.92. The Morgan fingerprint density at radius 2 is 1.89 bits per heavy atom. The van der Waals surface area contributed by atoms with Crippen LogP contribution in [0.5, 0.6) is 0 Å². The van der Waals surface area contributed by atoms with E-state index < -0.39 is 11.6 Å². The molecule has 2 fully saturated rings. The van der Waals surface area contributed by atoms with E-state index in [1.165, 1.54) is 6.07 Å². The number of hydrogen-bond acceptors (Lipinski definition) is 3. The number of piperazine rings is 1. The predicted octanol–water partition coefficient (Wildman–Crippen LogP) is 2.67. The first-order chi connectivity index (χ1) is 13.0. The van der Waals surface area contributed by atoms with Gasteiger partial charge >= 0.3 is 6.03 Å². The number of rotatable bonds is 5. The Balaban J connectivity index is 1.49. The van der Waals surface area contributed by atoms with Gasteiger partial charge in [0, 0.05) is 51.9 Å². The van der Waals surface area contributed by atoms with Crippen molar-refractivity contribution in [3.8, 4) is 0 Å². The Hall–Kier alpha value is -1.73. The van der Waals surface area contributed by atoms with E-state index >= 15 is 0 Å². The predicted molar refractivity (Wildman–Crippen MR) is 101 cm³/mol. The lowest BCUT2D eigenvalue weighted by molar-refractivity contribution is 0.117. The minimum atomic E-state index is -0.884. The lowest BCUT2D eigenvalue weighted by atomic mass is 9.99. The van der Waals surface area contributed by atoms with Gasteiger partial charge in [0.15, 0.2) is 11.6 Å². The third-order valence-corrected chi connectivity index (χ3v) is 5.69. The number of likely N-dealkylation sites (N-methyl/N-ethyl adjacent to an activating group) is 1. The van der Waals surface area contributed by atoms with Crippen molar-refractivity contribution in [1.82, 2.24) is 20.0 Å². The van der Waals surface area contributed by atoms with Gasteiger partial charge < -0.3 is 20.0 Å². The molecule has 0 radical (unpaired) electrons. The molecule has 0 aromatic heterocycles. The van der Waals surface area contributed by atoms with E-state index in [1.54, 1.807) is 0 Å². The van der Waals surface area contributed by atoms with Crippen molar-refractivity contribution in [3.05, 3.63) is 35.4 Å². The molecule has 0 spiro atoms. The van der Waals surface area contributed by atoms with E-state index in [0.717, 1.165) is 77.1 Å². The number of carbonyl (C=O) groups excluding carboxylic acids is 1. The van der Waals surface area contributed by atoms with Crippen molar-refractivity contribution in [2.24, 2.45) is 0 Å². The molecule has 0 bridgehead atoms. The van der Waals surface area contributed by atoms with Gasteiger partial charge in [-0.3, -0.25) is 0 Å². The Morgan fingerprint density at radius 1 is 1.11 bits per heavy atom. The molecule has 0 unspecified atom stereocenters. The van der Waals surface area contributed by atoms with E-state index in [4.69, 9.17) is 0 Å². The maximum atomic E-state index is 13.3. The average molecular weight is 380 g/mol. The van der Waals surface area contributed by atoms with Gasteiger partial charge in [-0.2, -0.15) is 0 Å². The van der Waals surface area contributed by atoms with Gasteiger partial charge in [-0.05, 0) is 50.4 Å². The highest BCUT2D eigenvalue weighted by molar-refractivity contribution is 5.74. The van der Waals surface area contributed by atoms with Crippen LogP contribution in [-0.4, -0.2) is 73.1 Å². The summed E-state index contributed by atoms with van der Waals surface area (Å²) in [6.45, 7) is 6.36. The van der Waals surface area contributed by atoms with Gasteiger partial charge in [0.2, 0.25) is 0 Å². The molecule has 0 aliphatic carbocycles. The number of urea groups is 1. The summed E-state index contributed by atoms with van der Waals surface area (Å²) in [5, 5.41) is 2.87. The molecule has 1 atom stereocenters. The molecule has 5 nitrogen and oxygen atoms in total. The van der Waals surface area contributed by atoms with Crippen molar-refractivity contribution in [1.29, 1.82) is 0 Å². The Morgan fingerprint density at radius 3 is 2.63 bits per heavy atom. The summed E-state index contributed by atoms with van der Waals surface area (Å²) in [7, 11) is 2.15. The van der Waals surface area contributed by atoms with E-state index in [9.17, 15) is 13.6 Å². The first kappa shape index (κ1) is 20.0. The number of amides is 2. The average Bonchev–Trinajstić information content (AvgIpc) is 2.68. The van der Waals surface area contributed by atoms with Gasteiger partial charge in [0.1, 0.15) is 0 Å². The van der Waals surface area contributed by atoms with Crippen molar-refractivity contribution in [2.75, 3.05) is 46.3 Å². The van der Waals surface area contributed by atoms with Gasteiger partial charge in [0.25, 0.3) is 0 Å². The van der Waals surface area contributed by atoms with Crippen LogP contribution >= 0.6 is 0 Å². The summed E-state index contributed by atoms with van der Waals surface area (Å²) < 4.78 is 26.3. The zero-order valence-electron chi connectivity index (χ0n) is 16.1. The van der Waals surface area contributed by atoms with Crippen LogP contribution in [0.25, 0.3) is 0 Å². The third kappa shape index (κ3) is 5.62. The second kappa shape index (κ2) is 9.46. The van der Waals surface area contributed by atoms with Crippen molar-refractivity contribution >= 4 is 6.03 Å². The summed E-state index contributed by atoms with van der Waals surface area (Å²) in [4.78, 5) is 19.4. The number of hydrogen-bond donors (Lipinski definition) is 1. The molecule has 2 amide bonds. The monoisotopic (exact) mass is 380 g/mol. The standard InChI is InChI=1S/C20H30F2N4O/c1-24-10-12-25(13-11-24)9-7-17-4-2-3-8-26(17)20(27)23-15-16-5-6-18(21)19(22)14-16/h5-6,14,17H,2-4,7-13,15H2,1H3,(H,23,27)/t17-/m0/s1. The molecule has 7 heteroatoms. The summed E-state index contributed by atoms with van der Waals surface area (Å²) in [5.74, 6) is -1.75. The highest BCUT2D eigenvalue weighted by atomic mass is 19.2. The van der Waals surface area contributed by atoms with Crippen LogP contribution in [0.3, 0.4) is 0 Å². The van der Waals surface area contributed by atoms with Crippen LogP contribution < -0.4 is 5.32 Å².